The molecule has 0 spiro atoms. The molecule has 3 N–H and O–H groups in total. The number of hydroxylamine groups is 2. The molecular formula is C17H22N2O4S. The highest BCUT2D eigenvalue weighted by atomic mass is 32.2. The molecule has 6 nitrogen and oxygen atoms in total. The van der Waals surface area contributed by atoms with E-state index >= 15 is 0 Å². The summed E-state index contributed by atoms with van der Waals surface area (Å²) in [6.45, 7) is 2.12. The molecule has 1 heterocycles. The maximum Gasteiger partial charge on any atom is 0.261 e. The fourth-order valence-electron chi connectivity index (χ4n) is 2.83. The second-order valence-electron chi connectivity index (χ2n) is 5.63. The van der Waals surface area contributed by atoms with E-state index in [0.717, 1.165) is 17.7 Å². The number of nitrogens with one attached hydrogen (secondary N) is 1. The molecule has 1 fully saturated rings. The van der Waals surface area contributed by atoms with Crippen LogP contribution in [0.2, 0.25) is 0 Å². The Bertz CT molecular complexity index is 688. The normalized spacial score (nSPS) is 17.6. The van der Waals surface area contributed by atoms with Crippen LogP contribution >= 0.6 is 0 Å². The highest BCUT2D eigenvalue weighted by molar-refractivity contribution is 7.85. The van der Waals surface area contributed by atoms with Crippen LogP contribution in [0, 0.1) is 0 Å². The monoisotopic (exact) mass is 350 g/mol. The molecule has 24 heavy (non-hydrogen) atoms. The number of hydrogen-bond acceptors (Lipinski definition) is 5. The predicted octanol–water partition coefficient (Wildman–Crippen LogP) is 1.73. The van der Waals surface area contributed by atoms with Gasteiger partial charge in [0.1, 0.15) is 5.54 Å². The van der Waals surface area contributed by atoms with E-state index in [9.17, 15) is 13.6 Å². The molecule has 0 aromatic heterocycles. The van der Waals surface area contributed by atoms with Crippen molar-refractivity contribution < 1.29 is 18.2 Å². The molecule has 0 saturated carbocycles. The third-order valence-corrected chi connectivity index (χ3v) is 3.82. The maximum atomic E-state index is 10.5. The second kappa shape index (κ2) is 7.87. The number of nitrogens with zero attached hydrogens (tertiary/aromatic N) is 1. The van der Waals surface area contributed by atoms with E-state index in [1.54, 1.807) is 0 Å². The first-order chi connectivity index (χ1) is 11.3. The molecule has 0 amide bonds. The van der Waals surface area contributed by atoms with Crippen LogP contribution in [-0.4, -0.2) is 49.1 Å². The fourth-order valence-corrected chi connectivity index (χ4v) is 2.83. The molecule has 0 atom stereocenters. The molecule has 0 unspecified atom stereocenters. The summed E-state index contributed by atoms with van der Waals surface area (Å²) >= 11 is 0. The third kappa shape index (κ3) is 4.62. The lowest BCUT2D eigenvalue weighted by Gasteiger charge is -2.44. The molecule has 3 rings (SSSR count). The Kier molecular flexibility index (Phi) is 6.09. The predicted molar refractivity (Wildman–Crippen MR) is 92.5 cm³/mol. The standard InChI is InChI=1S/C16H18N2O.CH4O3S/c19-18-12-11-17-13-16(18,14-7-3-1-4-8-14)15-9-5-2-6-10-15;1-5(2,3)4/h1-10,17,19H,11-13H2;1H3,(H,2,3,4). The molecule has 0 bridgehead atoms. The van der Waals surface area contributed by atoms with E-state index in [0.29, 0.717) is 19.3 Å². The van der Waals surface area contributed by atoms with Crippen LogP contribution in [-0.2, 0) is 15.7 Å². The van der Waals surface area contributed by atoms with Crippen molar-refractivity contribution in [1.82, 2.24) is 10.4 Å². The number of hydrogen-bond donors (Lipinski definition) is 3. The van der Waals surface area contributed by atoms with Gasteiger partial charge in [0, 0.05) is 19.6 Å². The quantitative estimate of drug-likeness (QED) is 0.715. The second-order valence-corrected chi connectivity index (χ2v) is 7.09. The van der Waals surface area contributed by atoms with Gasteiger partial charge in [-0.25, -0.2) is 0 Å². The van der Waals surface area contributed by atoms with Crippen LogP contribution in [0.5, 0.6) is 0 Å². The van der Waals surface area contributed by atoms with E-state index in [1.807, 2.05) is 36.4 Å². The van der Waals surface area contributed by atoms with Gasteiger partial charge in [-0.3, -0.25) is 4.55 Å². The van der Waals surface area contributed by atoms with Crippen molar-refractivity contribution in [3.8, 4) is 0 Å². The third-order valence-electron chi connectivity index (χ3n) is 3.82. The van der Waals surface area contributed by atoms with Crippen LogP contribution in [0.25, 0.3) is 0 Å². The van der Waals surface area contributed by atoms with Gasteiger partial charge >= 0.3 is 0 Å². The van der Waals surface area contributed by atoms with Gasteiger partial charge in [-0.15, -0.1) is 0 Å². The number of piperazine rings is 1. The molecule has 1 aliphatic heterocycles. The average molecular weight is 350 g/mol. The summed E-state index contributed by atoms with van der Waals surface area (Å²) < 4.78 is 25.9. The molecule has 130 valence electrons. The summed E-state index contributed by atoms with van der Waals surface area (Å²) in [6.07, 6.45) is 0.715. The lowest BCUT2D eigenvalue weighted by molar-refractivity contribution is -0.173. The summed E-state index contributed by atoms with van der Waals surface area (Å²) in [5.41, 5.74) is 1.72. The Morgan fingerprint density at radius 3 is 1.79 bits per heavy atom. The maximum absolute atomic E-state index is 10.5. The first kappa shape index (κ1) is 18.6. The van der Waals surface area contributed by atoms with E-state index in [1.165, 1.54) is 5.06 Å². The Labute approximate surface area is 142 Å². The van der Waals surface area contributed by atoms with Crippen molar-refractivity contribution in [1.29, 1.82) is 0 Å². The molecule has 2 aromatic rings. The van der Waals surface area contributed by atoms with Crippen molar-refractivity contribution in [2.75, 3.05) is 25.9 Å². The molecule has 2 aromatic carbocycles. The van der Waals surface area contributed by atoms with Crippen molar-refractivity contribution >= 4 is 10.1 Å². The van der Waals surface area contributed by atoms with E-state index in [4.69, 9.17) is 4.55 Å². The first-order valence-corrected chi connectivity index (χ1v) is 9.39. The Hall–Kier alpha value is -1.77. The summed E-state index contributed by atoms with van der Waals surface area (Å²) in [4.78, 5) is 0. The zero-order chi connectivity index (χ0) is 17.6. The van der Waals surface area contributed by atoms with Crippen molar-refractivity contribution in [2.45, 2.75) is 5.54 Å². The lowest BCUT2D eigenvalue weighted by Crippen LogP contribution is -2.58. The van der Waals surface area contributed by atoms with Crippen molar-refractivity contribution in [2.24, 2.45) is 0 Å². The highest BCUT2D eigenvalue weighted by Gasteiger charge is 2.41. The fraction of sp³-hybridized carbons (Fsp3) is 0.294. The SMILES string of the molecule is CS(=O)(=O)O.ON1CCNCC1(c1ccccc1)c1ccccc1. The van der Waals surface area contributed by atoms with E-state index in [-0.39, 0.29) is 0 Å². The largest absolute Gasteiger partial charge is 0.313 e. The minimum Gasteiger partial charge on any atom is -0.313 e. The summed E-state index contributed by atoms with van der Waals surface area (Å²) in [6, 6.07) is 20.4. The van der Waals surface area contributed by atoms with E-state index < -0.39 is 15.7 Å². The Morgan fingerprint density at radius 1 is 1.00 bits per heavy atom. The highest BCUT2D eigenvalue weighted by Crippen LogP contribution is 2.35. The topological polar surface area (TPSA) is 89.9 Å². The average Bonchev–Trinajstić information content (AvgIpc) is 2.56. The van der Waals surface area contributed by atoms with Gasteiger partial charge < -0.3 is 10.5 Å². The van der Waals surface area contributed by atoms with Gasteiger partial charge in [-0.1, -0.05) is 60.7 Å². The summed E-state index contributed by atoms with van der Waals surface area (Å²) in [5.74, 6) is 0. The molecule has 1 saturated heterocycles. The molecule has 0 aliphatic carbocycles. The van der Waals surface area contributed by atoms with Crippen LogP contribution in [0.4, 0.5) is 0 Å². The van der Waals surface area contributed by atoms with Crippen LogP contribution in [0.3, 0.4) is 0 Å². The minimum absolute atomic E-state index is 0.499. The van der Waals surface area contributed by atoms with E-state index in [2.05, 4.69) is 29.6 Å². The number of benzene rings is 2. The smallest absolute Gasteiger partial charge is 0.261 e. The van der Waals surface area contributed by atoms with Crippen LogP contribution in [0.1, 0.15) is 11.1 Å². The van der Waals surface area contributed by atoms with Crippen LogP contribution < -0.4 is 5.32 Å². The van der Waals surface area contributed by atoms with Gasteiger partial charge in [0.2, 0.25) is 0 Å². The first-order valence-electron chi connectivity index (χ1n) is 7.55. The lowest BCUT2D eigenvalue weighted by atomic mass is 9.81. The summed E-state index contributed by atoms with van der Waals surface area (Å²) in [5, 5.41) is 15.4. The van der Waals surface area contributed by atoms with Crippen LogP contribution in [0.15, 0.2) is 60.7 Å². The molecule has 0 radical (unpaired) electrons. The van der Waals surface area contributed by atoms with Gasteiger partial charge in [0.15, 0.2) is 0 Å². The Morgan fingerprint density at radius 2 is 1.42 bits per heavy atom. The van der Waals surface area contributed by atoms with Gasteiger partial charge in [0.05, 0.1) is 6.26 Å². The van der Waals surface area contributed by atoms with Crippen molar-refractivity contribution in [3.05, 3.63) is 71.8 Å². The number of rotatable bonds is 2. The van der Waals surface area contributed by atoms with Gasteiger partial charge in [-0.2, -0.15) is 13.5 Å². The van der Waals surface area contributed by atoms with Gasteiger partial charge in [-0.05, 0) is 11.1 Å². The van der Waals surface area contributed by atoms with Crippen molar-refractivity contribution in [3.63, 3.8) is 0 Å². The Balaban J connectivity index is 0.000000368. The minimum atomic E-state index is -3.67. The zero-order valence-electron chi connectivity index (χ0n) is 13.5. The molecule has 7 heteroatoms. The summed E-state index contributed by atoms with van der Waals surface area (Å²) in [7, 11) is -3.67. The zero-order valence-corrected chi connectivity index (χ0v) is 14.3. The molecular weight excluding hydrogens is 328 g/mol. The van der Waals surface area contributed by atoms with Gasteiger partial charge in [0.25, 0.3) is 10.1 Å². The molecule has 1 aliphatic rings.